The maximum absolute atomic E-state index is 13.7. The molecule has 0 atom stereocenters. The molecule has 0 saturated carbocycles. The number of hydrogen-bond donors (Lipinski definition) is 0. The number of aryl methyl sites for hydroxylation is 1. The fraction of sp³-hybridized carbons (Fsp3) is 0.333. The van der Waals surface area contributed by atoms with Crippen LogP contribution in [0.15, 0.2) is 60.9 Å². The molecule has 0 bridgehead atoms. The molecular weight excluding hydrogens is 518 g/mol. The van der Waals surface area contributed by atoms with Gasteiger partial charge in [0.25, 0.3) is 0 Å². The largest absolute Gasteiger partial charge is 0.393 e. The van der Waals surface area contributed by atoms with Gasteiger partial charge in [0, 0.05) is 18.8 Å². The van der Waals surface area contributed by atoms with Crippen molar-refractivity contribution in [2.45, 2.75) is 51.4 Å². The Hall–Kier alpha value is -3.07. The minimum atomic E-state index is -4.61. The normalized spacial score (nSPS) is 12.2. The van der Waals surface area contributed by atoms with Crippen LogP contribution in [0.4, 0.5) is 32.0 Å². The summed E-state index contributed by atoms with van der Waals surface area (Å²) in [6.45, 7) is 4.89. The summed E-state index contributed by atoms with van der Waals surface area (Å²) in [7, 11) is 1.51. The first-order chi connectivity index (χ1) is 16.6. The van der Waals surface area contributed by atoms with Gasteiger partial charge in [-0.3, -0.25) is 9.78 Å². The number of pyridine rings is 1. The first-order valence-corrected chi connectivity index (χ1v) is 11.1. The molecule has 1 amide bonds. The monoisotopic (exact) mass is 544 g/mol. The number of halogens is 7. The van der Waals surface area contributed by atoms with Crippen molar-refractivity contribution >= 4 is 24.0 Å². The van der Waals surface area contributed by atoms with Crippen LogP contribution >= 0.6 is 12.4 Å². The summed E-state index contributed by atoms with van der Waals surface area (Å²) in [6.07, 6.45) is -8.93. The van der Waals surface area contributed by atoms with E-state index < -0.39 is 36.5 Å². The van der Waals surface area contributed by atoms with Gasteiger partial charge in [0.15, 0.2) is 0 Å². The van der Waals surface area contributed by atoms with Crippen LogP contribution in [0.5, 0.6) is 0 Å². The SMILES string of the molecule is Cc1ccccc1-c1ccncc1N(C)C(=O)C(C)(C)c1cc(CC(F)(F)F)cc(CC(F)(F)F)c1.Cl. The van der Waals surface area contributed by atoms with Gasteiger partial charge in [-0.1, -0.05) is 42.5 Å². The summed E-state index contributed by atoms with van der Waals surface area (Å²) < 4.78 is 78.5. The van der Waals surface area contributed by atoms with Crippen molar-refractivity contribution < 1.29 is 31.1 Å². The lowest BCUT2D eigenvalue weighted by Crippen LogP contribution is -2.42. The smallest absolute Gasteiger partial charge is 0.313 e. The van der Waals surface area contributed by atoms with E-state index in [1.54, 1.807) is 12.3 Å². The maximum atomic E-state index is 13.7. The molecule has 2 aromatic carbocycles. The van der Waals surface area contributed by atoms with E-state index in [4.69, 9.17) is 0 Å². The second-order valence-electron chi connectivity index (χ2n) is 9.32. The number of likely N-dealkylation sites (N-methyl/N-ethyl adjacent to an activating group) is 1. The lowest BCUT2D eigenvalue weighted by molar-refractivity contribution is -0.127. The van der Waals surface area contributed by atoms with Crippen LogP contribution in [0, 0.1) is 6.92 Å². The van der Waals surface area contributed by atoms with Gasteiger partial charge in [0.2, 0.25) is 5.91 Å². The third-order valence-corrected chi connectivity index (χ3v) is 6.02. The van der Waals surface area contributed by atoms with E-state index in [2.05, 4.69) is 4.98 Å². The van der Waals surface area contributed by atoms with Crippen LogP contribution in [0.3, 0.4) is 0 Å². The zero-order chi connectivity index (χ0) is 26.9. The van der Waals surface area contributed by atoms with E-state index in [9.17, 15) is 31.1 Å². The average molecular weight is 545 g/mol. The van der Waals surface area contributed by atoms with Crippen molar-refractivity contribution in [3.05, 3.63) is 83.2 Å². The van der Waals surface area contributed by atoms with Crippen molar-refractivity contribution in [3.8, 4) is 11.1 Å². The second-order valence-corrected chi connectivity index (χ2v) is 9.32. The van der Waals surface area contributed by atoms with E-state index in [-0.39, 0.29) is 29.1 Å². The van der Waals surface area contributed by atoms with E-state index in [0.29, 0.717) is 5.69 Å². The standard InChI is InChI=1S/C27H26F6N2O.ClH/c1-17-7-5-6-8-21(17)22-9-10-34-16-23(22)35(4)24(36)25(2,3)20-12-18(14-26(28,29)30)11-19(13-20)15-27(31,32)33;/h5-13,16H,14-15H2,1-4H3;1H. The van der Waals surface area contributed by atoms with Crippen LogP contribution in [0.25, 0.3) is 11.1 Å². The molecule has 3 rings (SSSR count). The Morgan fingerprint density at radius 1 is 0.865 bits per heavy atom. The molecule has 3 aromatic rings. The van der Waals surface area contributed by atoms with Crippen LogP contribution in [0.1, 0.15) is 36.1 Å². The highest BCUT2D eigenvalue weighted by atomic mass is 35.5. The molecule has 200 valence electrons. The lowest BCUT2D eigenvalue weighted by Gasteiger charge is -2.32. The topological polar surface area (TPSA) is 33.2 Å². The minimum absolute atomic E-state index is 0. The minimum Gasteiger partial charge on any atom is -0.313 e. The molecule has 3 nitrogen and oxygen atoms in total. The number of hydrogen-bond acceptors (Lipinski definition) is 2. The Balaban J connectivity index is 0.00000481. The molecule has 0 fully saturated rings. The summed E-state index contributed by atoms with van der Waals surface area (Å²) in [6, 6.07) is 12.5. The van der Waals surface area contributed by atoms with E-state index in [1.807, 2.05) is 31.2 Å². The van der Waals surface area contributed by atoms with E-state index in [1.165, 1.54) is 32.0 Å². The fourth-order valence-electron chi connectivity index (χ4n) is 4.20. The molecule has 0 aliphatic carbocycles. The molecular formula is C27H27ClF6N2O. The van der Waals surface area contributed by atoms with Gasteiger partial charge in [-0.15, -0.1) is 12.4 Å². The quantitative estimate of drug-likeness (QED) is 0.299. The molecule has 0 aliphatic rings. The zero-order valence-corrected chi connectivity index (χ0v) is 21.5. The third kappa shape index (κ3) is 7.47. The van der Waals surface area contributed by atoms with Gasteiger partial charge in [-0.2, -0.15) is 26.3 Å². The predicted molar refractivity (Wildman–Crippen MR) is 134 cm³/mol. The van der Waals surface area contributed by atoms with Gasteiger partial charge < -0.3 is 4.90 Å². The molecule has 0 unspecified atom stereocenters. The molecule has 1 heterocycles. The molecule has 1 aromatic heterocycles. The molecule has 0 saturated heterocycles. The second kappa shape index (κ2) is 11.1. The van der Waals surface area contributed by atoms with Gasteiger partial charge in [-0.05, 0) is 54.7 Å². The van der Waals surface area contributed by atoms with Crippen molar-refractivity contribution in [1.82, 2.24) is 4.98 Å². The predicted octanol–water partition coefficient (Wildman–Crippen LogP) is 7.63. The van der Waals surface area contributed by atoms with Crippen LogP contribution in [0.2, 0.25) is 0 Å². The van der Waals surface area contributed by atoms with Crippen molar-refractivity contribution in [1.29, 1.82) is 0 Å². The Morgan fingerprint density at radius 3 is 1.92 bits per heavy atom. The molecule has 0 spiro atoms. The Morgan fingerprint density at radius 2 is 1.41 bits per heavy atom. The number of alkyl halides is 6. The third-order valence-electron chi connectivity index (χ3n) is 6.02. The number of amides is 1. The average Bonchev–Trinajstić information content (AvgIpc) is 2.76. The van der Waals surface area contributed by atoms with Crippen LogP contribution in [-0.4, -0.2) is 30.3 Å². The Labute approximate surface area is 217 Å². The van der Waals surface area contributed by atoms with Gasteiger partial charge in [0.05, 0.1) is 30.1 Å². The maximum Gasteiger partial charge on any atom is 0.393 e. The number of anilines is 1. The number of carbonyl (C=O) groups excluding carboxylic acids is 1. The van der Waals surface area contributed by atoms with Crippen molar-refractivity contribution in [2.75, 3.05) is 11.9 Å². The first-order valence-electron chi connectivity index (χ1n) is 11.1. The summed E-state index contributed by atoms with van der Waals surface area (Å²) in [5.41, 5.74) is 0.991. The highest BCUT2D eigenvalue weighted by Gasteiger charge is 2.37. The lowest BCUT2D eigenvalue weighted by atomic mass is 9.80. The van der Waals surface area contributed by atoms with E-state index >= 15 is 0 Å². The molecule has 0 aliphatic heterocycles. The number of carbonyl (C=O) groups is 1. The molecule has 0 radical (unpaired) electrons. The first kappa shape index (κ1) is 30.2. The van der Waals surface area contributed by atoms with E-state index in [0.717, 1.165) is 34.9 Å². The molecule has 10 heteroatoms. The Bertz CT molecular complexity index is 1220. The number of benzene rings is 2. The summed E-state index contributed by atoms with van der Waals surface area (Å²) >= 11 is 0. The van der Waals surface area contributed by atoms with Crippen molar-refractivity contribution in [3.63, 3.8) is 0 Å². The van der Waals surface area contributed by atoms with Crippen molar-refractivity contribution in [2.24, 2.45) is 0 Å². The molecule has 37 heavy (non-hydrogen) atoms. The van der Waals surface area contributed by atoms with Crippen LogP contribution < -0.4 is 4.90 Å². The fourth-order valence-corrected chi connectivity index (χ4v) is 4.20. The summed E-state index contributed by atoms with van der Waals surface area (Å²) in [4.78, 5) is 19.1. The van der Waals surface area contributed by atoms with Crippen LogP contribution in [-0.2, 0) is 23.1 Å². The number of aromatic nitrogens is 1. The summed E-state index contributed by atoms with van der Waals surface area (Å²) in [5.74, 6) is -0.507. The highest BCUT2D eigenvalue weighted by Crippen LogP contribution is 2.36. The zero-order valence-electron chi connectivity index (χ0n) is 20.7. The Kier molecular flexibility index (Phi) is 9.07. The number of nitrogens with zero attached hydrogens (tertiary/aromatic N) is 2. The number of rotatable bonds is 6. The van der Waals surface area contributed by atoms with Gasteiger partial charge in [0.1, 0.15) is 0 Å². The van der Waals surface area contributed by atoms with Gasteiger partial charge in [-0.25, -0.2) is 0 Å². The summed E-state index contributed by atoms with van der Waals surface area (Å²) in [5, 5.41) is 0. The molecule has 0 N–H and O–H groups in total. The highest BCUT2D eigenvalue weighted by molar-refractivity contribution is 6.03. The van der Waals surface area contributed by atoms with Gasteiger partial charge >= 0.3 is 12.4 Å².